The Balaban J connectivity index is 2.17. The van der Waals surface area contributed by atoms with Crippen molar-refractivity contribution >= 4 is 0 Å². The first kappa shape index (κ1) is 12.6. The molecule has 0 spiro atoms. The fraction of sp³-hybridized carbons (Fsp3) is 0.625. The summed E-state index contributed by atoms with van der Waals surface area (Å²) in [5, 5.41) is 0. The Morgan fingerprint density at radius 2 is 2.12 bits per heavy atom. The second kappa shape index (κ2) is 5.22. The molecule has 1 aromatic carbocycles. The molecule has 2 rings (SSSR count). The molecule has 1 heteroatoms. The average Bonchev–Trinajstić information content (AvgIpc) is 2.32. The second-order valence-electron chi connectivity index (χ2n) is 6.01. The van der Waals surface area contributed by atoms with Gasteiger partial charge in [-0.3, -0.25) is 0 Å². The standard InChI is InChI=1S/C16H25N/c1-13-6-5-9-16(10-13,12-17)11-15-8-4-3-7-14(15)2/h3-4,7-8,13H,5-6,9-12,17H2,1-2H3. The van der Waals surface area contributed by atoms with Gasteiger partial charge in [-0.25, -0.2) is 0 Å². The van der Waals surface area contributed by atoms with Crippen molar-refractivity contribution in [3.8, 4) is 0 Å². The molecule has 2 atom stereocenters. The lowest BCUT2D eigenvalue weighted by molar-refractivity contribution is 0.153. The molecule has 0 radical (unpaired) electrons. The number of nitrogens with two attached hydrogens (primary N) is 1. The summed E-state index contributed by atoms with van der Waals surface area (Å²) in [5.74, 6) is 0.844. The van der Waals surface area contributed by atoms with E-state index in [-0.39, 0.29) is 0 Å². The summed E-state index contributed by atoms with van der Waals surface area (Å²) in [5.41, 5.74) is 9.37. The van der Waals surface area contributed by atoms with Gasteiger partial charge < -0.3 is 5.73 Å². The molecule has 1 saturated carbocycles. The molecule has 2 N–H and O–H groups in total. The Kier molecular flexibility index (Phi) is 3.88. The molecule has 1 aliphatic rings. The van der Waals surface area contributed by atoms with Crippen LogP contribution in [0.15, 0.2) is 24.3 Å². The van der Waals surface area contributed by atoms with Crippen molar-refractivity contribution in [2.75, 3.05) is 6.54 Å². The molecular weight excluding hydrogens is 206 g/mol. The minimum atomic E-state index is 0.365. The predicted molar refractivity (Wildman–Crippen MR) is 74.0 cm³/mol. The van der Waals surface area contributed by atoms with E-state index < -0.39 is 0 Å². The van der Waals surface area contributed by atoms with Gasteiger partial charge in [-0.15, -0.1) is 0 Å². The molecule has 1 aromatic rings. The maximum Gasteiger partial charge on any atom is -0.00172 e. The van der Waals surface area contributed by atoms with E-state index in [1.807, 2.05) is 0 Å². The molecule has 0 aromatic heterocycles. The Bertz CT molecular complexity index is 372. The van der Waals surface area contributed by atoms with Gasteiger partial charge in [0, 0.05) is 0 Å². The lowest BCUT2D eigenvalue weighted by Gasteiger charge is -2.39. The van der Waals surface area contributed by atoms with Crippen LogP contribution in [0.2, 0.25) is 0 Å². The third kappa shape index (κ3) is 2.90. The summed E-state index contributed by atoms with van der Waals surface area (Å²) in [7, 11) is 0. The van der Waals surface area contributed by atoms with E-state index in [4.69, 9.17) is 5.73 Å². The SMILES string of the molecule is Cc1ccccc1CC1(CN)CCCC(C)C1. The zero-order chi connectivity index (χ0) is 12.3. The highest BCUT2D eigenvalue weighted by molar-refractivity contribution is 5.27. The van der Waals surface area contributed by atoms with E-state index >= 15 is 0 Å². The van der Waals surface area contributed by atoms with E-state index in [1.54, 1.807) is 0 Å². The van der Waals surface area contributed by atoms with Gasteiger partial charge in [0.05, 0.1) is 0 Å². The zero-order valence-corrected chi connectivity index (χ0v) is 11.2. The topological polar surface area (TPSA) is 26.0 Å². The minimum absolute atomic E-state index is 0.365. The molecule has 17 heavy (non-hydrogen) atoms. The van der Waals surface area contributed by atoms with Gasteiger partial charge in [0.2, 0.25) is 0 Å². The van der Waals surface area contributed by atoms with Crippen molar-refractivity contribution < 1.29 is 0 Å². The van der Waals surface area contributed by atoms with E-state index in [1.165, 1.54) is 43.2 Å². The van der Waals surface area contributed by atoms with E-state index in [2.05, 4.69) is 38.1 Å². The van der Waals surface area contributed by atoms with Crippen molar-refractivity contribution in [3.05, 3.63) is 35.4 Å². The van der Waals surface area contributed by atoms with Crippen LogP contribution in [0.5, 0.6) is 0 Å². The summed E-state index contributed by atoms with van der Waals surface area (Å²) in [6.45, 7) is 5.43. The highest BCUT2D eigenvalue weighted by Crippen LogP contribution is 2.41. The van der Waals surface area contributed by atoms with Crippen LogP contribution >= 0.6 is 0 Å². The predicted octanol–water partition coefficient (Wildman–Crippen LogP) is 3.69. The average molecular weight is 231 g/mol. The first-order chi connectivity index (χ1) is 8.15. The molecule has 0 saturated heterocycles. The van der Waals surface area contributed by atoms with Crippen LogP contribution in [0, 0.1) is 18.3 Å². The molecule has 0 bridgehead atoms. The molecule has 1 fully saturated rings. The highest BCUT2D eigenvalue weighted by Gasteiger charge is 2.33. The first-order valence-electron chi connectivity index (χ1n) is 6.90. The third-order valence-electron chi connectivity index (χ3n) is 4.45. The van der Waals surface area contributed by atoms with Crippen molar-refractivity contribution in [2.24, 2.45) is 17.1 Å². The third-order valence-corrected chi connectivity index (χ3v) is 4.45. The molecular formula is C16H25N. The van der Waals surface area contributed by atoms with Gasteiger partial charge in [0.25, 0.3) is 0 Å². The van der Waals surface area contributed by atoms with Crippen LogP contribution in [-0.2, 0) is 6.42 Å². The molecule has 1 nitrogen and oxygen atoms in total. The Hall–Kier alpha value is -0.820. The Morgan fingerprint density at radius 3 is 2.76 bits per heavy atom. The van der Waals surface area contributed by atoms with Gasteiger partial charge >= 0.3 is 0 Å². The van der Waals surface area contributed by atoms with Crippen molar-refractivity contribution in [3.63, 3.8) is 0 Å². The van der Waals surface area contributed by atoms with Crippen molar-refractivity contribution in [2.45, 2.75) is 46.0 Å². The van der Waals surface area contributed by atoms with Gasteiger partial charge in [0.1, 0.15) is 0 Å². The fourth-order valence-corrected chi connectivity index (χ4v) is 3.40. The monoisotopic (exact) mass is 231 g/mol. The van der Waals surface area contributed by atoms with Crippen LogP contribution in [0.1, 0.15) is 43.7 Å². The maximum absolute atomic E-state index is 6.10. The van der Waals surface area contributed by atoms with E-state index in [0.717, 1.165) is 12.5 Å². The zero-order valence-electron chi connectivity index (χ0n) is 11.2. The summed E-state index contributed by atoms with van der Waals surface area (Å²) in [6, 6.07) is 8.76. The number of hydrogen-bond acceptors (Lipinski definition) is 1. The van der Waals surface area contributed by atoms with Crippen LogP contribution in [0.4, 0.5) is 0 Å². The lowest BCUT2D eigenvalue weighted by Crippen LogP contribution is -2.37. The number of aryl methyl sites for hydroxylation is 1. The quantitative estimate of drug-likeness (QED) is 0.843. The van der Waals surface area contributed by atoms with Crippen molar-refractivity contribution in [1.29, 1.82) is 0 Å². The Morgan fingerprint density at radius 1 is 1.35 bits per heavy atom. The number of hydrogen-bond donors (Lipinski definition) is 1. The van der Waals surface area contributed by atoms with Gasteiger partial charge in [0.15, 0.2) is 0 Å². The normalized spacial score (nSPS) is 29.2. The molecule has 0 aliphatic heterocycles. The summed E-state index contributed by atoms with van der Waals surface area (Å²) in [6.07, 6.45) is 6.51. The second-order valence-corrected chi connectivity index (χ2v) is 6.01. The smallest absolute Gasteiger partial charge is 0.00172 e. The summed E-state index contributed by atoms with van der Waals surface area (Å²) in [4.78, 5) is 0. The van der Waals surface area contributed by atoms with Gasteiger partial charge in [-0.05, 0) is 55.2 Å². The number of rotatable bonds is 3. The summed E-state index contributed by atoms with van der Waals surface area (Å²) >= 11 is 0. The maximum atomic E-state index is 6.10. The van der Waals surface area contributed by atoms with Crippen LogP contribution in [-0.4, -0.2) is 6.54 Å². The largest absolute Gasteiger partial charge is 0.330 e. The Labute approximate surface area is 105 Å². The molecule has 0 heterocycles. The van der Waals surface area contributed by atoms with E-state index in [9.17, 15) is 0 Å². The summed E-state index contributed by atoms with van der Waals surface area (Å²) < 4.78 is 0. The van der Waals surface area contributed by atoms with Crippen LogP contribution in [0.3, 0.4) is 0 Å². The lowest BCUT2D eigenvalue weighted by atomic mass is 9.67. The molecule has 1 aliphatic carbocycles. The highest BCUT2D eigenvalue weighted by atomic mass is 14.6. The van der Waals surface area contributed by atoms with Crippen LogP contribution in [0.25, 0.3) is 0 Å². The number of benzene rings is 1. The van der Waals surface area contributed by atoms with E-state index in [0.29, 0.717) is 5.41 Å². The molecule has 2 unspecified atom stereocenters. The minimum Gasteiger partial charge on any atom is -0.330 e. The van der Waals surface area contributed by atoms with Gasteiger partial charge in [-0.2, -0.15) is 0 Å². The molecule has 94 valence electrons. The first-order valence-corrected chi connectivity index (χ1v) is 6.90. The van der Waals surface area contributed by atoms with Gasteiger partial charge in [-0.1, -0.05) is 44.0 Å². The molecule has 0 amide bonds. The fourth-order valence-electron chi connectivity index (χ4n) is 3.40. The van der Waals surface area contributed by atoms with Crippen LogP contribution < -0.4 is 5.73 Å². The van der Waals surface area contributed by atoms with Crippen molar-refractivity contribution in [1.82, 2.24) is 0 Å².